The minimum atomic E-state index is -3.67. The molecule has 0 N–H and O–H groups in total. The molecular formula is C25H30N2O2S. The van der Waals surface area contributed by atoms with Crippen molar-refractivity contribution in [3.05, 3.63) is 101 Å². The minimum absolute atomic E-state index is 0.255. The predicted molar refractivity (Wildman–Crippen MR) is 123 cm³/mol. The molecule has 0 unspecified atom stereocenters. The molecule has 0 spiro atoms. The van der Waals surface area contributed by atoms with Gasteiger partial charge in [-0.15, -0.1) is 6.58 Å². The zero-order chi connectivity index (χ0) is 21.9. The summed E-state index contributed by atoms with van der Waals surface area (Å²) in [5, 5.41) is 0. The second-order valence-corrected chi connectivity index (χ2v) is 9.74. The van der Waals surface area contributed by atoms with E-state index < -0.39 is 10.0 Å². The van der Waals surface area contributed by atoms with Crippen LogP contribution in [-0.4, -0.2) is 23.8 Å². The normalized spacial score (nSPS) is 11.8. The molecule has 3 rings (SSSR count). The minimum Gasteiger partial charge on any atom is -0.346 e. The Bertz CT molecular complexity index is 1140. The Labute approximate surface area is 180 Å². The largest absolute Gasteiger partial charge is 0.346 e. The summed E-state index contributed by atoms with van der Waals surface area (Å²) < 4.78 is 30.8. The molecule has 2 aromatic carbocycles. The van der Waals surface area contributed by atoms with E-state index in [9.17, 15) is 8.42 Å². The number of nitrogens with zero attached hydrogens (tertiary/aromatic N) is 2. The number of hydrogen-bond acceptors (Lipinski definition) is 2. The molecule has 30 heavy (non-hydrogen) atoms. The molecule has 1 heterocycles. The maximum absolute atomic E-state index is 13.6. The number of sulfonamides is 1. The molecule has 0 saturated carbocycles. The van der Waals surface area contributed by atoms with Crippen molar-refractivity contribution in [2.24, 2.45) is 0 Å². The first-order valence-corrected chi connectivity index (χ1v) is 11.6. The number of benzene rings is 2. The van der Waals surface area contributed by atoms with Crippen molar-refractivity contribution < 1.29 is 8.42 Å². The van der Waals surface area contributed by atoms with Crippen molar-refractivity contribution in [1.29, 1.82) is 0 Å². The van der Waals surface area contributed by atoms with Crippen LogP contribution < -0.4 is 0 Å². The number of rotatable bonds is 8. The van der Waals surface area contributed by atoms with Crippen LogP contribution in [0, 0.1) is 27.7 Å². The maximum Gasteiger partial charge on any atom is 0.244 e. The Balaban J connectivity index is 1.95. The first-order valence-electron chi connectivity index (χ1n) is 10.1. The molecule has 0 bridgehead atoms. The summed E-state index contributed by atoms with van der Waals surface area (Å²) in [7, 11) is -3.67. The van der Waals surface area contributed by atoms with Gasteiger partial charge >= 0.3 is 0 Å². The molecule has 0 aliphatic rings. The molecule has 0 aliphatic carbocycles. The van der Waals surface area contributed by atoms with E-state index in [1.807, 2.05) is 63.4 Å². The highest BCUT2D eigenvalue weighted by molar-refractivity contribution is 7.89. The van der Waals surface area contributed by atoms with Gasteiger partial charge in [-0.3, -0.25) is 0 Å². The maximum atomic E-state index is 13.6. The topological polar surface area (TPSA) is 42.3 Å². The van der Waals surface area contributed by atoms with Gasteiger partial charge in [0.25, 0.3) is 0 Å². The second-order valence-electron chi connectivity index (χ2n) is 7.87. The predicted octanol–water partition coefficient (Wildman–Crippen LogP) is 5.15. The highest BCUT2D eigenvalue weighted by Gasteiger charge is 2.28. The van der Waals surface area contributed by atoms with E-state index in [4.69, 9.17) is 0 Å². The van der Waals surface area contributed by atoms with E-state index in [1.165, 1.54) is 15.4 Å². The zero-order valence-corrected chi connectivity index (χ0v) is 19.0. The van der Waals surface area contributed by atoms with Crippen LogP contribution >= 0.6 is 0 Å². The van der Waals surface area contributed by atoms with Gasteiger partial charge in [-0.05, 0) is 62.1 Å². The van der Waals surface area contributed by atoms with Crippen molar-refractivity contribution >= 4 is 10.0 Å². The summed E-state index contributed by atoms with van der Waals surface area (Å²) in [6.07, 6.45) is 3.65. The van der Waals surface area contributed by atoms with Gasteiger partial charge in [0, 0.05) is 25.0 Å². The van der Waals surface area contributed by atoms with Gasteiger partial charge in [-0.25, -0.2) is 8.42 Å². The monoisotopic (exact) mass is 422 g/mol. The van der Waals surface area contributed by atoms with Gasteiger partial charge < -0.3 is 4.57 Å². The molecule has 0 amide bonds. The third-order valence-corrected chi connectivity index (χ3v) is 7.52. The Morgan fingerprint density at radius 1 is 0.967 bits per heavy atom. The zero-order valence-electron chi connectivity index (χ0n) is 18.2. The molecule has 0 radical (unpaired) electrons. The Hall–Kier alpha value is -2.63. The van der Waals surface area contributed by atoms with Crippen LogP contribution in [0.15, 0.2) is 72.3 Å². The summed E-state index contributed by atoms with van der Waals surface area (Å²) >= 11 is 0. The molecule has 3 aromatic rings. The number of aryl methyl sites for hydroxylation is 4. The Morgan fingerprint density at radius 3 is 2.27 bits per heavy atom. The SMILES string of the molecule is C=CCN(Cc1cccn1Cc1ccccc1C)S(=O)(=O)c1c(C)cc(C)cc1C. The van der Waals surface area contributed by atoms with E-state index in [1.54, 1.807) is 6.08 Å². The lowest BCUT2D eigenvalue weighted by Gasteiger charge is -2.24. The van der Waals surface area contributed by atoms with Crippen LogP contribution in [0.4, 0.5) is 0 Å². The summed E-state index contributed by atoms with van der Waals surface area (Å²) in [6, 6.07) is 16.1. The van der Waals surface area contributed by atoms with Crippen molar-refractivity contribution in [2.75, 3.05) is 6.54 Å². The number of hydrogen-bond donors (Lipinski definition) is 0. The third kappa shape index (κ3) is 4.58. The highest BCUT2D eigenvalue weighted by atomic mass is 32.2. The molecule has 5 heteroatoms. The molecule has 1 aromatic heterocycles. The molecule has 4 nitrogen and oxygen atoms in total. The van der Waals surface area contributed by atoms with Crippen LogP contribution in [-0.2, 0) is 23.1 Å². The van der Waals surface area contributed by atoms with Crippen LogP contribution in [0.1, 0.15) is 33.5 Å². The summed E-state index contributed by atoms with van der Waals surface area (Å²) in [5.41, 5.74) is 6.00. The summed E-state index contributed by atoms with van der Waals surface area (Å²) in [5.74, 6) is 0. The average Bonchev–Trinajstić information content (AvgIpc) is 3.09. The average molecular weight is 423 g/mol. The van der Waals surface area contributed by atoms with Crippen molar-refractivity contribution in [3.8, 4) is 0 Å². The third-order valence-electron chi connectivity index (χ3n) is 5.40. The van der Waals surface area contributed by atoms with Crippen molar-refractivity contribution in [1.82, 2.24) is 8.87 Å². The fraction of sp³-hybridized carbons (Fsp3) is 0.280. The van der Waals surface area contributed by atoms with Gasteiger partial charge in [0.05, 0.1) is 11.4 Å². The Morgan fingerprint density at radius 2 is 1.63 bits per heavy atom. The second kappa shape index (κ2) is 9.02. The lowest BCUT2D eigenvalue weighted by molar-refractivity contribution is 0.426. The molecule has 0 saturated heterocycles. The smallest absolute Gasteiger partial charge is 0.244 e. The fourth-order valence-electron chi connectivity index (χ4n) is 3.99. The van der Waals surface area contributed by atoms with Gasteiger partial charge in [0.1, 0.15) is 0 Å². The van der Waals surface area contributed by atoms with Crippen molar-refractivity contribution in [2.45, 2.75) is 45.7 Å². The Kier molecular flexibility index (Phi) is 6.64. The van der Waals surface area contributed by atoms with Crippen LogP contribution in [0.2, 0.25) is 0 Å². The molecule has 158 valence electrons. The summed E-state index contributed by atoms with van der Waals surface area (Å²) in [6.45, 7) is 12.8. The van der Waals surface area contributed by atoms with Crippen LogP contribution in [0.3, 0.4) is 0 Å². The van der Waals surface area contributed by atoms with Crippen molar-refractivity contribution in [3.63, 3.8) is 0 Å². The van der Waals surface area contributed by atoms with Gasteiger partial charge in [-0.1, -0.05) is 48.0 Å². The quantitative estimate of drug-likeness (QED) is 0.471. The molecular weight excluding hydrogens is 392 g/mol. The fourth-order valence-corrected chi connectivity index (χ4v) is 5.79. The molecule has 0 aliphatic heterocycles. The lowest BCUT2D eigenvalue weighted by Crippen LogP contribution is -2.32. The molecule has 0 atom stereocenters. The summed E-state index contributed by atoms with van der Waals surface area (Å²) in [4.78, 5) is 0.395. The lowest BCUT2D eigenvalue weighted by atomic mass is 10.1. The van der Waals surface area contributed by atoms with Gasteiger partial charge in [-0.2, -0.15) is 4.31 Å². The first-order chi connectivity index (χ1) is 14.2. The highest BCUT2D eigenvalue weighted by Crippen LogP contribution is 2.27. The standard InChI is InChI=1S/C25H30N2O2S/c1-6-13-27(30(28,29)25-21(4)15-19(2)16-22(25)5)18-24-12-9-14-26(24)17-23-11-8-7-10-20(23)3/h6-12,14-16H,1,13,17-18H2,2-5H3. The van der Waals surface area contributed by atoms with Gasteiger partial charge in [0.15, 0.2) is 0 Å². The van der Waals surface area contributed by atoms with E-state index in [2.05, 4.69) is 30.2 Å². The van der Waals surface area contributed by atoms with Crippen LogP contribution in [0.5, 0.6) is 0 Å². The van der Waals surface area contributed by atoms with E-state index in [-0.39, 0.29) is 6.54 Å². The molecule has 0 fully saturated rings. The van der Waals surface area contributed by atoms with E-state index >= 15 is 0 Å². The van der Waals surface area contributed by atoms with Gasteiger partial charge in [0.2, 0.25) is 10.0 Å². The number of aromatic nitrogens is 1. The van der Waals surface area contributed by atoms with Crippen LogP contribution in [0.25, 0.3) is 0 Å². The van der Waals surface area contributed by atoms with E-state index in [0.717, 1.165) is 22.4 Å². The first kappa shape index (κ1) is 22.1. The van der Waals surface area contributed by atoms with E-state index in [0.29, 0.717) is 18.0 Å².